The predicted molar refractivity (Wildman–Crippen MR) is 175 cm³/mol. The molecule has 4 aromatic carbocycles. The van der Waals surface area contributed by atoms with Crippen molar-refractivity contribution in [3.05, 3.63) is 96.6 Å². The number of anilines is 2. The van der Waals surface area contributed by atoms with Crippen molar-refractivity contribution in [1.82, 2.24) is 4.98 Å². The molecule has 0 atom stereocenters. The molecule has 0 unspecified atom stereocenters. The van der Waals surface area contributed by atoms with E-state index in [1.807, 2.05) is 133 Å². The summed E-state index contributed by atoms with van der Waals surface area (Å²) < 4.78 is 16.9. The maximum absolute atomic E-state index is 12.5. The quantitative estimate of drug-likeness (QED) is 0.191. The summed E-state index contributed by atoms with van der Waals surface area (Å²) in [7, 11) is 0. The largest absolute Gasteiger partial charge is 0.489 e. The highest BCUT2D eigenvalue weighted by Gasteiger charge is 2.19. The summed E-state index contributed by atoms with van der Waals surface area (Å²) in [6.07, 6.45) is -1.08. The van der Waals surface area contributed by atoms with Crippen LogP contribution in [-0.4, -0.2) is 28.4 Å². The van der Waals surface area contributed by atoms with Crippen molar-refractivity contribution < 1.29 is 23.8 Å². The van der Waals surface area contributed by atoms with Crippen LogP contribution >= 0.6 is 0 Å². The zero-order valence-corrected chi connectivity index (χ0v) is 25.9. The van der Waals surface area contributed by atoms with Gasteiger partial charge in [-0.3, -0.25) is 10.6 Å². The SMILES string of the molecule is CC(C)(C)OC(=O)Nc1ccc2c(c1)nc(-c1ccc(OCc3ccccc3)cc1)c1cc(NC(=O)OC(C)(C)C)ccc12. The lowest BCUT2D eigenvalue weighted by molar-refractivity contribution is 0.0624. The van der Waals surface area contributed by atoms with Crippen LogP contribution in [0.1, 0.15) is 47.1 Å². The number of pyridine rings is 1. The third-order valence-electron chi connectivity index (χ3n) is 6.46. The number of carbonyl (C=O) groups is 2. The van der Waals surface area contributed by atoms with Crippen LogP contribution in [-0.2, 0) is 16.1 Å². The minimum atomic E-state index is -0.626. The zero-order valence-electron chi connectivity index (χ0n) is 25.9. The van der Waals surface area contributed by atoms with Gasteiger partial charge in [0, 0.05) is 27.7 Å². The summed E-state index contributed by atoms with van der Waals surface area (Å²) >= 11 is 0. The van der Waals surface area contributed by atoms with Crippen LogP contribution in [0.2, 0.25) is 0 Å². The Balaban J connectivity index is 1.53. The Labute approximate surface area is 257 Å². The second kappa shape index (κ2) is 12.2. The van der Waals surface area contributed by atoms with Gasteiger partial charge in [-0.2, -0.15) is 0 Å². The number of hydrogen-bond donors (Lipinski definition) is 2. The number of aromatic nitrogens is 1. The topological polar surface area (TPSA) is 98.8 Å². The van der Waals surface area contributed by atoms with Gasteiger partial charge in [0.1, 0.15) is 23.6 Å². The van der Waals surface area contributed by atoms with Crippen molar-refractivity contribution in [2.75, 3.05) is 10.6 Å². The molecule has 5 rings (SSSR count). The molecule has 8 nitrogen and oxygen atoms in total. The third-order valence-corrected chi connectivity index (χ3v) is 6.46. The number of nitrogens with zero attached hydrogens (tertiary/aromatic N) is 1. The number of carbonyl (C=O) groups excluding carboxylic acids is 2. The Morgan fingerprint density at radius 1 is 0.659 bits per heavy atom. The molecule has 0 saturated carbocycles. The molecule has 0 aliphatic carbocycles. The third kappa shape index (κ3) is 7.83. The molecule has 0 saturated heterocycles. The first-order valence-corrected chi connectivity index (χ1v) is 14.5. The highest BCUT2D eigenvalue weighted by Crippen LogP contribution is 2.36. The van der Waals surface area contributed by atoms with E-state index in [9.17, 15) is 9.59 Å². The standard InChI is InChI=1S/C36H37N3O5/c1-35(2,3)43-33(40)37-25-14-18-28-29-19-15-26(38-34(41)44-36(4,5)6)21-31(29)39-32(30(28)20-25)24-12-16-27(17-13-24)42-22-23-10-8-7-9-11-23/h7-21H,22H2,1-6H3,(H,37,40)(H,38,41). The lowest BCUT2D eigenvalue weighted by Crippen LogP contribution is -2.27. The van der Waals surface area contributed by atoms with E-state index < -0.39 is 23.4 Å². The van der Waals surface area contributed by atoms with Crippen LogP contribution in [0, 0.1) is 0 Å². The van der Waals surface area contributed by atoms with Crippen LogP contribution in [0.4, 0.5) is 21.0 Å². The van der Waals surface area contributed by atoms with E-state index in [0.29, 0.717) is 29.2 Å². The highest BCUT2D eigenvalue weighted by molar-refractivity contribution is 6.13. The van der Waals surface area contributed by atoms with Crippen molar-refractivity contribution in [2.45, 2.75) is 59.4 Å². The van der Waals surface area contributed by atoms with Gasteiger partial charge in [0.15, 0.2) is 0 Å². The summed E-state index contributed by atoms with van der Waals surface area (Å²) in [6, 6.07) is 29.0. The molecular formula is C36H37N3O5. The van der Waals surface area contributed by atoms with Crippen molar-refractivity contribution in [2.24, 2.45) is 0 Å². The fraction of sp³-hybridized carbons (Fsp3) is 0.250. The number of amides is 2. The van der Waals surface area contributed by atoms with Crippen LogP contribution in [0.3, 0.4) is 0 Å². The maximum Gasteiger partial charge on any atom is 0.412 e. The molecule has 0 radical (unpaired) electrons. The normalized spacial score (nSPS) is 11.7. The predicted octanol–water partition coefficient (Wildman–Crippen LogP) is 9.33. The van der Waals surface area contributed by atoms with E-state index in [1.165, 1.54) is 0 Å². The summed E-state index contributed by atoms with van der Waals surface area (Å²) in [5.41, 5.74) is 3.26. The van der Waals surface area contributed by atoms with Crippen molar-refractivity contribution in [3.8, 4) is 17.0 Å². The number of fused-ring (bicyclic) bond motifs is 3. The van der Waals surface area contributed by atoms with Gasteiger partial charge >= 0.3 is 12.2 Å². The molecule has 0 spiro atoms. The molecule has 0 aliphatic rings. The van der Waals surface area contributed by atoms with Gasteiger partial charge in [0.25, 0.3) is 0 Å². The lowest BCUT2D eigenvalue weighted by Gasteiger charge is -2.20. The summed E-state index contributed by atoms with van der Waals surface area (Å²) in [5, 5.41) is 8.32. The first-order valence-electron chi connectivity index (χ1n) is 14.5. The Hall–Kier alpha value is -5.11. The van der Waals surface area contributed by atoms with E-state index in [0.717, 1.165) is 33.0 Å². The molecule has 0 aliphatic heterocycles. The van der Waals surface area contributed by atoms with E-state index in [2.05, 4.69) is 10.6 Å². The Morgan fingerprint density at radius 3 is 1.82 bits per heavy atom. The van der Waals surface area contributed by atoms with Gasteiger partial charge < -0.3 is 14.2 Å². The van der Waals surface area contributed by atoms with Crippen molar-refractivity contribution in [1.29, 1.82) is 0 Å². The summed E-state index contributed by atoms with van der Waals surface area (Å²) in [6.45, 7) is 11.4. The Kier molecular flexibility index (Phi) is 8.45. The average molecular weight is 592 g/mol. The fourth-order valence-electron chi connectivity index (χ4n) is 4.68. The first kappa shape index (κ1) is 30.4. The molecule has 0 bridgehead atoms. The van der Waals surface area contributed by atoms with Crippen molar-refractivity contribution >= 4 is 45.2 Å². The maximum atomic E-state index is 12.5. The van der Waals surface area contributed by atoms with Crippen LogP contribution in [0.15, 0.2) is 91.0 Å². The number of nitrogens with one attached hydrogen (secondary N) is 2. The first-order chi connectivity index (χ1) is 20.8. The molecule has 8 heteroatoms. The van der Waals surface area contributed by atoms with Gasteiger partial charge in [-0.05, 0) is 101 Å². The molecule has 1 heterocycles. The van der Waals surface area contributed by atoms with Crippen LogP contribution < -0.4 is 15.4 Å². The molecular weight excluding hydrogens is 554 g/mol. The highest BCUT2D eigenvalue weighted by atomic mass is 16.6. The van der Waals surface area contributed by atoms with E-state index in [4.69, 9.17) is 19.2 Å². The molecule has 2 amide bonds. The second-order valence-electron chi connectivity index (χ2n) is 12.5. The zero-order chi connectivity index (χ0) is 31.5. The number of benzene rings is 4. The molecule has 0 fully saturated rings. The number of ether oxygens (including phenoxy) is 3. The Morgan fingerprint density at radius 2 is 1.23 bits per heavy atom. The molecule has 226 valence electrons. The molecule has 5 aromatic rings. The van der Waals surface area contributed by atoms with E-state index in [1.54, 1.807) is 0 Å². The van der Waals surface area contributed by atoms with Gasteiger partial charge in [-0.25, -0.2) is 14.6 Å². The average Bonchev–Trinajstić information content (AvgIpc) is 2.94. The summed E-state index contributed by atoms with van der Waals surface area (Å²) in [5.74, 6) is 0.735. The minimum absolute atomic E-state index is 0.463. The van der Waals surface area contributed by atoms with Gasteiger partial charge in [-0.15, -0.1) is 0 Å². The van der Waals surface area contributed by atoms with Crippen LogP contribution in [0.25, 0.3) is 32.9 Å². The monoisotopic (exact) mass is 591 g/mol. The van der Waals surface area contributed by atoms with Gasteiger partial charge in [0.05, 0.1) is 11.2 Å². The summed E-state index contributed by atoms with van der Waals surface area (Å²) in [4.78, 5) is 30.0. The molecule has 2 N–H and O–H groups in total. The van der Waals surface area contributed by atoms with E-state index >= 15 is 0 Å². The molecule has 44 heavy (non-hydrogen) atoms. The van der Waals surface area contributed by atoms with Crippen molar-refractivity contribution in [3.63, 3.8) is 0 Å². The lowest BCUT2D eigenvalue weighted by atomic mass is 9.99. The van der Waals surface area contributed by atoms with Gasteiger partial charge in [-0.1, -0.05) is 42.5 Å². The minimum Gasteiger partial charge on any atom is -0.489 e. The van der Waals surface area contributed by atoms with Crippen LogP contribution in [0.5, 0.6) is 5.75 Å². The number of rotatable bonds is 6. The smallest absolute Gasteiger partial charge is 0.412 e. The number of hydrogen-bond acceptors (Lipinski definition) is 6. The van der Waals surface area contributed by atoms with Gasteiger partial charge in [0.2, 0.25) is 0 Å². The molecule has 1 aromatic heterocycles. The van der Waals surface area contributed by atoms with E-state index in [-0.39, 0.29) is 0 Å². The fourth-order valence-corrected chi connectivity index (χ4v) is 4.68. The second-order valence-corrected chi connectivity index (χ2v) is 12.5. The Bertz CT molecular complexity index is 1800.